The van der Waals surface area contributed by atoms with Crippen LogP contribution in [0.15, 0.2) is 18.2 Å². The van der Waals surface area contributed by atoms with Gasteiger partial charge in [0, 0.05) is 51.1 Å². The zero-order valence-electron chi connectivity index (χ0n) is 22.6. The third kappa shape index (κ3) is 7.66. The molecule has 3 amide bonds. The summed E-state index contributed by atoms with van der Waals surface area (Å²) in [6.07, 6.45) is 4.39. The van der Waals surface area contributed by atoms with Crippen molar-refractivity contribution in [3.8, 4) is 5.88 Å². The van der Waals surface area contributed by atoms with E-state index in [1.165, 1.54) is 0 Å². The van der Waals surface area contributed by atoms with Crippen molar-refractivity contribution in [2.75, 3.05) is 46.4 Å². The summed E-state index contributed by atoms with van der Waals surface area (Å²) in [4.78, 5) is 47.5. The molecule has 204 valence electrons. The van der Waals surface area contributed by atoms with Gasteiger partial charge in [0.2, 0.25) is 17.7 Å². The second kappa shape index (κ2) is 12.7. The largest absolute Gasteiger partial charge is 0.478 e. The standard InChI is InChI=1S/C28H43N5O4/c1-19(2)30-25(34)15-20-9-13-33-18-23(20)10-14-37-26-6-4-5-24(31-26)28(36)29-11-7-22-17-32(3)12-8-21(22)16-27(33)35/h4-6,19-23H,7-18H2,1-3H3,(H,29,36)(H,30,34)/t20-,21-,22-,23-/m0/s1. The predicted molar refractivity (Wildman–Crippen MR) is 141 cm³/mol. The maximum absolute atomic E-state index is 13.5. The highest BCUT2D eigenvalue weighted by Crippen LogP contribution is 2.33. The van der Waals surface area contributed by atoms with Crippen molar-refractivity contribution in [3.63, 3.8) is 0 Å². The molecule has 2 saturated heterocycles. The highest BCUT2D eigenvalue weighted by molar-refractivity contribution is 5.92. The molecular weight excluding hydrogens is 470 g/mol. The molecule has 9 nitrogen and oxygen atoms in total. The summed E-state index contributed by atoms with van der Waals surface area (Å²) in [6.45, 7) is 8.21. The van der Waals surface area contributed by atoms with Gasteiger partial charge in [0.05, 0.1) is 6.61 Å². The fraction of sp³-hybridized carbons (Fsp3) is 0.714. The SMILES string of the molecule is CC(C)NC(=O)C[C@@H]1CCN2C[C@@H]1CCOc1cccc(n1)C(=O)NCC[C@H]1CN(C)CC[C@H]1CC2=O. The van der Waals surface area contributed by atoms with Crippen LogP contribution in [0.3, 0.4) is 0 Å². The molecule has 37 heavy (non-hydrogen) atoms. The molecule has 4 atom stereocenters. The van der Waals surface area contributed by atoms with E-state index in [4.69, 9.17) is 4.74 Å². The lowest BCUT2D eigenvalue weighted by atomic mass is 9.79. The minimum Gasteiger partial charge on any atom is -0.478 e. The number of nitrogens with zero attached hydrogens (tertiary/aromatic N) is 3. The number of fused-ring (bicyclic) bond motifs is 5. The number of carbonyl (C=O) groups excluding carboxylic acids is 3. The summed E-state index contributed by atoms with van der Waals surface area (Å²) in [5, 5.41) is 6.03. The van der Waals surface area contributed by atoms with Gasteiger partial charge in [-0.3, -0.25) is 14.4 Å². The summed E-state index contributed by atoms with van der Waals surface area (Å²) in [5.74, 6) is 1.55. The number of ether oxygens (including phenoxy) is 1. The second-order valence-electron chi connectivity index (χ2n) is 11.4. The Morgan fingerprint density at radius 2 is 1.95 bits per heavy atom. The lowest BCUT2D eigenvalue weighted by Crippen LogP contribution is -2.47. The van der Waals surface area contributed by atoms with Crippen molar-refractivity contribution in [2.24, 2.45) is 23.7 Å². The van der Waals surface area contributed by atoms with Crippen LogP contribution in [0.1, 0.15) is 62.9 Å². The van der Waals surface area contributed by atoms with Crippen molar-refractivity contribution in [1.82, 2.24) is 25.4 Å². The molecule has 2 fully saturated rings. The maximum Gasteiger partial charge on any atom is 0.270 e. The summed E-state index contributed by atoms with van der Waals surface area (Å²) < 4.78 is 5.94. The number of carbonyl (C=O) groups is 3. The lowest BCUT2D eigenvalue weighted by Gasteiger charge is -2.41. The third-order valence-corrected chi connectivity index (χ3v) is 8.17. The zero-order chi connectivity index (χ0) is 26.4. The van der Waals surface area contributed by atoms with Crippen molar-refractivity contribution in [3.05, 3.63) is 23.9 Å². The van der Waals surface area contributed by atoms with Gasteiger partial charge in [-0.25, -0.2) is 4.98 Å². The lowest BCUT2D eigenvalue weighted by molar-refractivity contribution is -0.136. The summed E-state index contributed by atoms with van der Waals surface area (Å²) in [5.41, 5.74) is 0.349. The predicted octanol–water partition coefficient (Wildman–Crippen LogP) is 2.32. The second-order valence-corrected chi connectivity index (χ2v) is 11.4. The number of likely N-dealkylation sites (tertiary alicyclic amines) is 1. The Morgan fingerprint density at radius 3 is 2.76 bits per heavy atom. The third-order valence-electron chi connectivity index (χ3n) is 8.17. The van der Waals surface area contributed by atoms with Crippen LogP contribution in [-0.2, 0) is 9.59 Å². The van der Waals surface area contributed by atoms with E-state index >= 15 is 0 Å². The van der Waals surface area contributed by atoms with Crippen LogP contribution >= 0.6 is 0 Å². The Balaban J connectivity index is 1.52. The van der Waals surface area contributed by atoms with Gasteiger partial charge in [-0.1, -0.05) is 6.07 Å². The molecule has 4 rings (SSSR count). The van der Waals surface area contributed by atoms with Gasteiger partial charge in [0.25, 0.3) is 5.91 Å². The normalized spacial score (nSPS) is 28.1. The monoisotopic (exact) mass is 513 g/mol. The number of pyridine rings is 1. The minimum absolute atomic E-state index is 0.0682. The van der Waals surface area contributed by atoms with Crippen LogP contribution in [0.25, 0.3) is 0 Å². The first kappa shape index (κ1) is 27.4. The average molecular weight is 514 g/mol. The van der Waals surface area contributed by atoms with Crippen LogP contribution < -0.4 is 15.4 Å². The molecule has 1 aromatic heterocycles. The number of amides is 3. The Morgan fingerprint density at radius 1 is 1.11 bits per heavy atom. The zero-order valence-corrected chi connectivity index (χ0v) is 22.6. The van der Waals surface area contributed by atoms with Crippen LogP contribution in [0.2, 0.25) is 0 Å². The van der Waals surface area contributed by atoms with Crippen LogP contribution in [0, 0.1) is 23.7 Å². The molecule has 4 heterocycles. The van der Waals surface area contributed by atoms with E-state index in [-0.39, 0.29) is 35.6 Å². The van der Waals surface area contributed by atoms with Crippen molar-refractivity contribution in [1.29, 1.82) is 0 Å². The summed E-state index contributed by atoms with van der Waals surface area (Å²) in [7, 11) is 2.12. The number of piperidine rings is 2. The number of aromatic nitrogens is 1. The smallest absolute Gasteiger partial charge is 0.270 e. The van der Waals surface area contributed by atoms with E-state index in [0.717, 1.165) is 38.8 Å². The van der Waals surface area contributed by atoms with Crippen molar-refractivity contribution in [2.45, 2.75) is 58.4 Å². The molecule has 0 unspecified atom stereocenters. The first-order chi connectivity index (χ1) is 17.8. The van der Waals surface area contributed by atoms with E-state index < -0.39 is 0 Å². The van der Waals surface area contributed by atoms with Gasteiger partial charge < -0.3 is 25.2 Å². The van der Waals surface area contributed by atoms with Gasteiger partial charge >= 0.3 is 0 Å². The van der Waals surface area contributed by atoms with E-state index in [9.17, 15) is 14.4 Å². The molecular formula is C28H43N5O4. The Hall–Kier alpha value is -2.68. The van der Waals surface area contributed by atoms with Gasteiger partial charge in [-0.2, -0.15) is 0 Å². The molecule has 2 N–H and O–H groups in total. The molecule has 0 saturated carbocycles. The van der Waals surface area contributed by atoms with Crippen LogP contribution in [0.5, 0.6) is 5.88 Å². The molecule has 0 spiro atoms. The number of hydrogen-bond acceptors (Lipinski definition) is 6. The van der Waals surface area contributed by atoms with Crippen LogP contribution in [-0.4, -0.2) is 84.9 Å². The number of nitrogens with one attached hydrogen (secondary N) is 2. The van der Waals surface area contributed by atoms with Crippen molar-refractivity contribution < 1.29 is 19.1 Å². The first-order valence-corrected chi connectivity index (χ1v) is 13.9. The van der Waals surface area contributed by atoms with E-state index in [1.54, 1.807) is 18.2 Å². The molecule has 3 aliphatic heterocycles. The molecule has 0 aromatic carbocycles. The minimum atomic E-state index is -0.204. The fourth-order valence-electron chi connectivity index (χ4n) is 6.13. The summed E-state index contributed by atoms with van der Waals surface area (Å²) >= 11 is 0. The van der Waals surface area contributed by atoms with Gasteiger partial charge in [0.15, 0.2) is 0 Å². The highest BCUT2D eigenvalue weighted by atomic mass is 16.5. The van der Waals surface area contributed by atoms with E-state index in [0.29, 0.717) is 62.5 Å². The van der Waals surface area contributed by atoms with E-state index in [1.807, 2.05) is 18.7 Å². The van der Waals surface area contributed by atoms with Gasteiger partial charge in [-0.15, -0.1) is 0 Å². The fourth-order valence-corrected chi connectivity index (χ4v) is 6.13. The Kier molecular flexibility index (Phi) is 9.40. The molecule has 0 aliphatic carbocycles. The van der Waals surface area contributed by atoms with Crippen molar-refractivity contribution >= 4 is 17.7 Å². The molecule has 9 heteroatoms. The van der Waals surface area contributed by atoms with E-state index in [2.05, 4.69) is 27.6 Å². The quantitative estimate of drug-likeness (QED) is 0.643. The number of hydrogen-bond donors (Lipinski definition) is 2. The molecule has 0 radical (unpaired) electrons. The van der Waals surface area contributed by atoms with Crippen LogP contribution in [0.4, 0.5) is 0 Å². The van der Waals surface area contributed by atoms with Gasteiger partial charge in [0.1, 0.15) is 5.69 Å². The van der Waals surface area contributed by atoms with Gasteiger partial charge in [-0.05, 0) is 82.9 Å². The topological polar surface area (TPSA) is 104 Å². The molecule has 1 aromatic rings. The average Bonchev–Trinajstić information content (AvgIpc) is 2.85. The highest BCUT2D eigenvalue weighted by Gasteiger charge is 2.35. The maximum atomic E-state index is 13.5. The summed E-state index contributed by atoms with van der Waals surface area (Å²) in [6, 6.07) is 5.36. The molecule has 4 bridgehead atoms. The Labute approximate surface area is 220 Å². The Bertz CT molecular complexity index is 954. The number of rotatable bonds is 3. The molecule has 3 aliphatic rings. The first-order valence-electron chi connectivity index (χ1n) is 13.9.